The lowest BCUT2D eigenvalue weighted by molar-refractivity contribution is -0.151. The van der Waals surface area contributed by atoms with Crippen molar-refractivity contribution < 1.29 is 33.4 Å². The molecule has 2 aromatic carbocycles. The molecule has 1 aliphatic rings. The Morgan fingerprint density at radius 1 is 1.03 bits per heavy atom. The Kier molecular flexibility index (Phi) is 7.50. The summed E-state index contributed by atoms with van der Waals surface area (Å²) in [6, 6.07) is 12.0. The maximum atomic E-state index is 12.8. The summed E-state index contributed by atoms with van der Waals surface area (Å²) in [4.78, 5) is 49.6. The van der Waals surface area contributed by atoms with Gasteiger partial charge in [0, 0.05) is 12.1 Å². The van der Waals surface area contributed by atoms with Crippen LogP contribution in [0.2, 0.25) is 0 Å². The van der Waals surface area contributed by atoms with E-state index >= 15 is 0 Å². The number of methoxy groups -OCH3 is 2. The molecule has 0 saturated carbocycles. The first-order valence-electron chi connectivity index (χ1n) is 10.2. The van der Waals surface area contributed by atoms with Gasteiger partial charge in [0.15, 0.2) is 6.61 Å². The van der Waals surface area contributed by atoms with Crippen molar-refractivity contribution in [2.45, 2.75) is 13.3 Å². The van der Waals surface area contributed by atoms with Crippen LogP contribution in [-0.4, -0.2) is 56.1 Å². The maximum Gasteiger partial charge on any atom is 0.311 e. The SMILES string of the molecule is COc1cccc(OC)c1C(=O)NN1C[C@@H](C(=O)OCC(=O)Nc2ccccc2C)CC1=O. The first-order chi connectivity index (χ1) is 15.8. The molecule has 0 bridgehead atoms. The average molecular weight is 455 g/mol. The molecule has 1 saturated heterocycles. The van der Waals surface area contributed by atoms with Crippen molar-refractivity contribution in [1.29, 1.82) is 0 Å². The number of rotatable bonds is 8. The average Bonchev–Trinajstić information content (AvgIpc) is 3.18. The summed E-state index contributed by atoms with van der Waals surface area (Å²) in [7, 11) is 2.82. The summed E-state index contributed by atoms with van der Waals surface area (Å²) in [5, 5.41) is 3.71. The van der Waals surface area contributed by atoms with Crippen LogP contribution in [0.1, 0.15) is 22.3 Å². The molecule has 3 rings (SSSR count). The maximum absolute atomic E-state index is 12.8. The van der Waals surface area contributed by atoms with Crippen LogP contribution in [0.25, 0.3) is 0 Å². The Morgan fingerprint density at radius 3 is 2.33 bits per heavy atom. The number of anilines is 1. The molecule has 174 valence electrons. The largest absolute Gasteiger partial charge is 0.496 e. The highest BCUT2D eigenvalue weighted by Gasteiger charge is 2.37. The first kappa shape index (κ1) is 23.6. The second-order valence-corrected chi connectivity index (χ2v) is 7.35. The molecule has 33 heavy (non-hydrogen) atoms. The van der Waals surface area contributed by atoms with Crippen LogP contribution in [0.3, 0.4) is 0 Å². The molecule has 1 aliphatic heterocycles. The van der Waals surface area contributed by atoms with Crippen LogP contribution in [-0.2, 0) is 19.1 Å². The van der Waals surface area contributed by atoms with E-state index in [1.165, 1.54) is 14.2 Å². The summed E-state index contributed by atoms with van der Waals surface area (Å²) in [6.45, 7) is 1.28. The van der Waals surface area contributed by atoms with Crippen LogP contribution in [0.15, 0.2) is 42.5 Å². The highest BCUT2D eigenvalue weighted by molar-refractivity contribution is 6.01. The summed E-state index contributed by atoms with van der Waals surface area (Å²) >= 11 is 0. The minimum Gasteiger partial charge on any atom is -0.496 e. The number of benzene rings is 2. The van der Waals surface area contributed by atoms with E-state index in [2.05, 4.69) is 10.7 Å². The smallest absolute Gasteiger partial charge is 0.311 e. The molecule has 0 unspecified atom stereocenters. The summed E-state index contributed by atoms with van der Waals surface area (Å²) in [5.74, 6) is -2.54. The third kappa shape index (κ3) is 5.59. The van der Waals surface area contributed by atoms with Gasteiger partial charge >= 0.3 is 5.97 Å². The Labute approximate surface area is 190 Å². The first-order valence-corrected chi connectivity index (χ1v) is 10.2. The molecule has 1 atom stereocenters. The van der Waals surface area contributed by atoms with Crippen molar-refractivity contribution in [2.24, 2.45) is 5.92 Å². The molecule has 3 amide bonds. The van der Waals surface area contributed by atoms with Gasteiger partial charge in [-0.15, -0.1) is 0 Å². The zero-order valence-corrected chi connectivity index (χ0v) is 18.5. The normalized spacial score (nSPS) is 15.1. The van der Waals surface area contributed by atoms with Crippen molar-refractivity contribution in [2.75, 3.05) is 32.7 Å². The quantitative estimate of drug-likeness (QED) is 0.581. The Balaban J connectivity index is 1.56. The predicted octanol–water partition coefficient (Wildman–Crippen LogP) is 1.69. The molecule has 0 radical (unpaired) electrons. The van der Waals surface area contributed by atoms with Crippen LogP contribution in [0.5, 0.6) is 11.5 Å². The highest BCUT2D eigenvalue weighted by atomic mass is 16.5. The number of amides is 3. The van der Waals surface area contributed by atoms with Gasteiger partial charge in [-0.2, -0.15) is 0 Å². The van der Waals surface area contributed by atoms with Crippen molar-refractivity contribution in [3.05, 3.63) is 53.6 Å². The predicted molar refractivity (Wildman–Crippen MR) is 118 cm³/mol. The van der Waals surface area contributed by atoms with Gasteiger partial charge in [-0.25, -0.2) is 0 Å². The third-order valence-corrected chi connectivity index (χ3v) is 5.11. The number of nitrogens with zero attached hydrogens (tertiary/aromatic N) is 1. The van der Waals surface area contributed by atoms with Crippen molar-refractivity contribution in [3.63, 3.8) is 0 Å². The van der Waals surface area contributed by atoms with E-state index in [1.807, 2.05) is 19.1 Å². The number of aryl methyl sites for hydroxylation is 1. The van der Waals surface area contributed by atoms with Gasteiger partial charge in [-0.05, 0) is 30.7 Å². The number of nitrogens with one attached hydrogen (secondary N) is 2. The molecule has 1 fully saturated rings. The van der Waals surface area contributed by atoms with Gasteiger partial charge in [-0.3, -0.25) is 29.6 Å². The van der Waals surface area contributed by atoms with Gasteiger partial charge < -0.3 is 19.5 Å². The Morgan fingerprint density at radius 2 is 1.70 bits per heavy atom. The lowest BCUT2D eigenvalue weighted by Crippen LogP contribution is -2.43. The number of ether oxygens (including phenoxy) is 3. The molecule has 10 nitrogen and oxygen atoms in total. The molecule has 0 spiro atoms. The van der Waals surface area contributed by atoms with E-state index in [9.17, 15) is 19.2 Å². The Bertz CT molecular complexity index is 1050. The molecule has 0 aliphatic carbocycles. The minimum atomic E-state index is -0.816. The fourth-order valence-electron chi connectivity index (χ4n) is 3.38. The number of para-hydroxylation sites is 1. The second kappa shape index (κ2) is 10.5. The lowest BCUT2D eigenvalue weighted by Gasteiger charge is -2.19. The van der Waals surface area contributed by atoms with Crippen LogP contribution in [0, 0.1) is 12.8 Å². The van der Waals surface area contributed by atoms with Crippen LogP contribution in [0.4, 0.5) is 5.69 Å². The van der Waals surface area contributed by atoms with E-state index < -0.39 is 36.2 Å². The van der Waals surface area contributed by atoms with E-state index in [-0.39, 0.29) is 30.0 Å². The number of carbonyl (C=O) groups is 4. The molecule has 2 N–H and O–H groups in total. The highest BCUT2D eigenvalue weighted by Crippen LogP contribution is 2.28. The number of esters is 1. The standard InChI is InChI=1S/C23H25N3O7/c1-14-7-4-5-8-16(14)24-19(27)13-33-23(30)15-11-20(28)26(12-15)25-22(29)21-17(31-2)9-6-10-18(21)32-3/h4-10,15H,11-13H2,1-3H3,(H,24,27)(H,25,29)/t15-/m0/s1. The molecule has 2 aromatic rings. The summed E-state index contributed by atoms with van der Waals surface area (Å²) < 4.78 is 15.5. The van der Waals surface area contributed by atoms with Crippen molar-refractivity contribution in [3.8, 4) is 11.5 Å². The van der Waals surface area contributed by atoms with Gasteiger partial charge in [0.05, 0.1) is 26.7 Å². The molecular formula is C23H25N3O7. The molecular weight excluding hydrogens is 430 g/mol. The number of hydrogen-bond donors (Lipinski definition) is 2. The van der Waals surface area contributed by atoms with Gasteiger partial charge in [0.25, 0.3) is 11.8 Å². The van der Waals surface area contributed by atoms with E-state index in [4.69, 9.17) is 14.2 Å². The fraction of sp³-hybridized carbons (Fsp3) is 0.304. The van der Waals surface area contributed by atoms with Gasteiger partial charge in [-0.1, -0.05) is 24.3 Å². The van der Waals surface area contributed by atoms with Crippen LogP contribution < -0.4 is 20.2 Å². The number of hydrogen-bond acceptors (Lipinski definition) is 7. The fourth-order valence-corrected chi connectivity index (χ4v) is 3.38. The van der Waals surface area contributed by atoms with Crippen molar-refractivity contribution in [1.82, 2.24) is 10.4 Å². The lowest BCUT2D eigenvalue weighted by atomic mass is 10.1. The number of hydrazine groups is 1. The minimum absolute atomic E-state index is 0.0831. The van der Waals surface area contributed by atoms with Gasteiger partial charge in [0.2, 0.25) is 5.91 Å². The summed E-state index contributed by atoms with van der Waals surface area (Å²) in [5.41, 5.74) is 4.09. The summed E-state index contributed by atoms with van der Waals surface area (Å²) in [6.07, 6.45) is -0.151. The van der Waals surface area contributed by atoms with E-state index in [1.54, 1.807) is 30.3 Å². The molecule has 10 heteroatoms. The van der Waals surface area contributed by atoms with Crippen molar-refractivity contribution >= 4 is 29.4 Å². The van der Waals surface area contributed by atoms with E-state index in [0.717, 1.165) is 10.6 Å². The monoisotopic (exact) mass is 455 g/mol. The Hall–Kier alpha value is -4.08. The third-order valence-electron chi connectivity index (χ3n) is 5.11. The topological polar surface area (TPSA) is 123 Å². The van der Waals surface area contributed by atoms with E-state index in [0.29, 0.717) is 5.69 Å². The zero-order chi connectivity index (χ0) is 24.0. The van der Waals surface area contributed by atoms with Crippen LogP contribution >= 0.6 is 0 Å². The second-order valence-electron chi connectivity index (χ2n) is 7.35. The van der Waals surface area contributed by atoms with Gasteiger partial charge in [0.1, 0.15) is 17.1 Å². The molecule has 0 aromatic heterocycles. The zero-order valence-electron chi connectivity index (χ0n) is 18.5. The number of carbonyl (C=O) groups excluding carboxylic acids is 4. The molecule has 1 heterocycles.